The second-order valence-corrected chi connectivity index (χ2v) is 5.83. The van der Waals surface area contributed by atoms with Crippen LogP contribution in [0.2, 0.25) is 0 Å². The number of carbonyl (C=O) groups is 1. The molecule has 4 nitrogen and oxygen atoms in total. The maximum Gasteiger partial charge on any atom is 0.320 e. The van der Waals surface area contributed by atoms with Crippen LogP contribution < -0.4 is 15.4 Å². The average molecular weight is 306 g/mol. The maximum atomic E-state index is 12.2. The number of rotatable bonds is 2. The molecule has 4 heteroatoms. The summed E-state index contributed by atoms with van der Waals surface area (Å²) in [5.41, 5.74) is 5.58. The first-order valence-corrected chi connectivity index (χ1v) is 7.79. The Morgan fingerprint density at radius 2 is 1.83 bits per heavy atom. The van der Waals surface area contributed by atoms with E-state index in [2.05, 4.69) is 22.8 Å². The second kappa shape index (κ2) is 5.47. The lowest BCUT2D eigenvalue weighted by Crippen LogP contribution is -2.44. The first-order chi connectivity index (χ1) is 11.3. The van der Waals surface area contributed by atoms with E-state index in [-0.39, 0.29) is 12.1 Å². The van der Waals surface area contributed by atoms with Gasteiger partial charge in [0, 0.05) is 11.1 Å². The fraction of sp³-hybridized carbons (Fsp3) is 0.211. The van der Waals surface area contributed by atoms with Crippen LogP contribution >= 0.6 is 0 Å². The van der Waals surface area contributed by atoms with Crippen molar-refractivity contribution in [1.29, 1.82) is 0 Å². The standard InChI is InChI=1S/C19H18N2O2/c1-23-16-9-5-4-8-14(16)18-15-11-10-12-6-2-3-7-13(12)17(15)20-19(22)21-18/h2-9,18H,10-11H2,1H3,(H2,20,21,22)/t18-/m0/s1. The lowest BCUT2D eigenvalue weighted by atomic mass is 9.82. The zero-order valence-electron chi connectivity index (χ0n) is 12.9. The highest BCUT2D eigenvalue weighted by Crippen LogP contribution is 2.40. The zero-order chi connectivity index (χ0) is 15.8. The minimum Gasteiger partial charge on any atom is -0.496 e. The highest BCUT2D eigenvalue weighted by atomic mass is 16.5. The molecule has 0 aromatic heterocycles. The third-order valence-electron chi connectivity index (χ3n) is 4.58. The molecule has 1 aliphatic heterocycles. The topological polar surface area (TPSA) is 50.4 Å². The number of hydrogen-bond acceptors (Lipinski definition) is 2. The van der Waals surface area contributed by atoms with Gasteiger partial charge < -0.3 is 15.4 Å². The summed E-state index contributed by atoms with van der Waals surface area (Å²) in [7, 11) is 1.66. The molecule has 2 aliphatic rings. The van der Waals surface area contributed by atoms with Crippen LogP contribution in [0.3, 0.4) is 0 Å². The molecule has 1 atom stereocenters. The molecule has 4 rings (SSSR count). The normalized spacial score (nSPS) is 19.3. The first kappa shape index (κ1) is 13.9. The number of urea groups is 1. The molecule has 0 saturated heterocycles. The molecule has 0 unspecified atom stereocenters. The number of benzene rings is 2. The van der Waals surface area contributed by atoms with Crippen molar-refractivity contribution in [2.24, 2.45) is 0 Å². The second-order valence-electron chi connectivity index (χ2n) is 5.83. The Morgan fingerprint density at radius 1 is 1.04 bits per heavy atom. The molecule has 0 radical (unpaired) electrons. The number of aryl methyl sites for hydroxylation is 1. The smallest absolute Gasteiger partial charge is 0.320 e. The molecule has 0 fully saturated rings. The summed E-state index contributed by atoms with van der Waals surface area (Å²) in [5, 5.41) is 6.05. The number of methoxy groups -OCH3 is 1. The van der Waals surface area contributed by atoms with Crippen LogP contribution in [0, 0.1) is 0 Å². The third-order valence-corrected chi connectivity index (χ3v) is 4.58. The number of carbonyl (C=O) groups excluding carboxylic acids is 1. The van der Waals surface area contributed by atoms with Gasteiger partial charge in [-0.25, -0.2) is 4.79 Å². The predicted octanol–water partition coefficient (Wildman–Crippen LogP) is 3.41. The molecule has 2 amide bonds. The van der Waals surface area contributed by atoms with Crippen LogP contribution in [0.15, 0.2) is 54.1 Å². The van der Waals surface area contributed by atoms with Gasteiger partial charge in [0.05, 0.1) is 18.8 Å². The van der Waals surface area contributed by atoms with Crippen LogP contribution in [0.1, 0.15) is 29.2 Å². The quantitative estimate of drug-likeness (QED) is 0.893. The van der Waals surface area contributed by atoms with Crippen LogP contribution in [-0.4, -0.2) is 13.1 Å². The van der Waals surface area contributed by atoms with Crippen molar-refractivity contribution in [2.45, 2.75) is 18.9 Å². The number of nitrogens with one attached hydrogen (secondary N) is 2. The van der Waals surface area contributed by atoms with E-state index in [1.54, 1.807) is 7.11 Å². The van der Waals surface area contributed by atoms with Gasteiger partial charge in [0.2, 0.25) is 0 Å². The zero-order valence-corrected chi connectivity index (χ0v) is 12.9. The summed E-state index contributed by atoms with van der Waals surface area (Å²) in [5.74, 6) is 0.797. The van der Waals surface area contributed by atoms with Gasteiger partial charge in [-0.05, 0) is 30.0 Å². The summed E-state index contributed by atoms with van der Waals surface area (Å²) in [4.78, 5) is 12.2. The van der Waals surface area contributed by atoms with E-state index in [1.807, 2.05) is 36.4 Å². The van der Waals surface area contributed by atoms with Crippen LogP contribution in [0.25, 0.3) is 5.70 Å². The van der Waals surface area contributed by atoms with E-state index >= 15 is 0 Å². The van der Waals surface area contributed by atoms with E-state index in [0.717, 1.165) is 35.4 Å². The number of hydrogen-bond donors (Lipinski definition) is 2. The van der Waals surface area contributed by atoms with E-state index in [9.17, 15) is 4.79 Å². The van der Waals surface area contributed by atoms with E-state index in [4.69, 9.17) is 4.74 Å². The Hall–Kier alpha value is -2.75. The highest BCUT2D eigenvalue weighted by molar-refractivity contribution is 5.91. The summed E-state index contributed by atoms with van der Waals surface area (Å²) < 4.78 is 5.49. The predicted molar refractivity (Wildman–Crippen MR) is 89.1 cm³/mol. The number of para-hydroxylation sites is 1. The Morgan fingerprint density at radius 3 is 2.70 bits per heavy atom. The van der Waals surface area contributed by atoms with E-state index in [1.165, 1.54) is 11.1 Å². The third kappa shape index (κ3) is 2.27. The van der Waals surface area contributed by atoms with Gasteiger partial charge in [-0.1, -0.05) is 42.5 Å². The Kier molecular flexibility index (Phi) is 3.30. The lowest BCUT2D eigenvalue weighted by molar-refractivity contribution is 0.240. The Bertz CT molecular complexity index is 811. The molecule has 1 aliphatic carbocycles. The van der Waals surface area contributed by atoms with Gasteiger partial charge in [-0.15, -0.1) is 0 Å². The van der Waals surface area contributed by atoms with Crippen LogP contribution in [-0.2, 0) is 6.42 Å². The Labute approximate surface area is 135 Å². The molecule has 1 heterocycles. The molecular weight excluding hydrogens is 288 g/mol. The van der Waals surface area contributed by atoms with Crippen molar-refractivity contribution in [1.82, 2.24) is 10.6 Å². The molecule has 0 bridgehead atoms. The Balaban J connectivity index is 1.87. The summed E-state index contributed by atoms with van der Waals surface area (Å²) in [6.45, 7) is 0. The molecule has 0 spiro atoms. The van der Waals surface area contributed by atoms with Crippen molar-refractivity contribution in [2.75, 3.05) is 7.11 Å². The molecule has 0 saturated carbocycles. The van der Waals surface area contributed by atoms with E-state index < -0.39 is 0 Å². The molecule has 2 N–H and O–H groups in total. The van der Waals surface area contributed by atoms with Crippen LogP contribution in [0.4, 0.5) is 4.79 Å². The summed E-state index contributed by atoms with van der Waals surface area (Å²) in [6.07, 6.45) is 1.90. The largest absolute Gasteiger partial charge is 0.496 e. The van der Waals surface area contributed by atoms with Crippen LogP contribution in [0.5, 0.6) is 5.75 Å². The van der Waals surface area contributed by atoms with Crippen molar-refractivity contribution in [3.63, 3.8) is 0 Å². The van der Waals surface area contributed by atoms with E-state index in [0.29, 0.717) is 0 Å². The molecule has 116 valence electrons. The highest BCUT2D eigenvalue weighted by Gasteiger charge is 2.33. The number of amides is 2. The fourth-order valence-electron chi connectivity index (χ4n) is 3.52. The molecule has 23 heavy (non-hydrogen) atoms. The van der Waals surface area contributed by atoms with Crippen molar-refractivity contribution in [3.05, 3.63) is 70.8 Å². The van der Waals surface area contributed by atoms with Gasteiger partial charge in [-0.2, -0.15) is 0 Å². The number of fused-ring (bicyclic) bond motifs is 2. The van der Waals surface area contributed by atoms with Crippen molar-refractivity contribution in [3.8, 4) is 5.75 Å². The van der Waals surface area contributed by atoms with Gasteiger partial charge in [0.25, 0.3) is 0 Å². The van der Waals surface area contributed by atoms with Gasteiger partial charge in [-0.3, -0.25) is 0 Å². The number of ether oxygens (including phenoxy) is 1. The molecule has 2 aromatic carbocycles. The monoisotopic (exact) mass is 306 g/mol. The minimum atomic E-state index is -0.170. The lowest BCUT2D eigenvalue weighted by Gasteiger charge is -2.34. The summed E-state index contributed by atoms with van der Waals surface area (Å²) in [6, 6.07) is 15.8. The molecular formula is C19H18N2O2. The molecule has 2 aromatic rings. The van der Waals surface area contributed by atoms with Crippen molar-refractivity contribution < 1.29 is 9.53 Å². The minimum absolute atomic E-state index is 0.150. The fourth-order valence-corrected chi connectivity index (χ4v) is 3.52. The maximum absolute atomic E-state index is 12.2. The average Bonchev–Trinajstić information content (AvgIpc) is 2.61. The summed E-state index contributed by atoms with van der Waals surface area (Å²) >= 11 is 0. The van der Waals surface area contributed by atoms with Gasteiger partial charge in [0.15, 0.2) is 0 Å². The van der Waals surface area contributed by atoms with Crippen molar-refractivity contribution >= 4 is 11.7 Å². The SMILES string of the molecule is COc1ccccc1[C@@H]1NC(=O)NC2=C1CCc1ccccc12. The van der Waals surface area contributed by atoms with Gasteiger partial charge in [0.1, 0.15) is 5.75 Å². The van der Waals surface area contributed by atoms with Gasteiger partial charge >= 0.3 is 6.03 Å². The first-order valence-electron chi connectivity index (χ1n) is 7.79.